The van der Waals surface area contributed by atoms with Crippen LogP contribution in [-0.4, -0.2) is 83.7 Å². The third-order valence-electron chi connectivity index (χ3n) is 4.47. The summed E-state index contributed by atoms with van der Waals surface area (Å²) in [6, 6.07) is -0.758. The van der Waals surface area contributed by atoms with Crippen LogP contribution in [0, 0.1) is 0 Å². The predicted octanol–water partition coefficient (Wildman–Crippen LogP) is -1.18. The minimum absolute atomic E-state index is 0.0732. The Kier molecular flexibility index (Phi) is 6.11. The van der Waals surface area contributed by atoms with E-state index in [0.29, 0.717) is 23.3 Å². The highest BCUT2D eigenvalue weighted by atomic mass is 32.2. The number of nitrogen functional groups attached to an aromatic ring is 1. The highest BCUT2D eigenvalue weighted by Crippen LogP contribution is 2.31. The van der Waals surface area contributed by atoms with Crippen molar-refractivity contribution in [2.45, 2.75) is 37.0 Å². The van der Waals surface area contributed by atoms with Crippen molar-refractivity contribution in [3.05, 3.63) is 12.7 Å². The highest BCUT2D eigenvalue weighted by Gasteiger charge is 2.44. The molecule has 2 aromatic heterocycles. The lowest BCUT2D eigenvalue weighted by Crippen LogP contribution is -2.44. The van der Waals surface area contributed by atoms with Gasteiger partial charge in [0.2, 0.25) is 0 Å². The second-order valence-electron chi connectivity index (χ2n) is 6.21. The number of rotatable bonds is 8. The number of ether oxygens (including phenoxy) is 1. The van der Waals surface area contributed by atoms with Crippen LogP contribution in [0.3, 0.4) is 0 Å². The topological polar surface area (TPSA) is 169 Å². The van der Waals surface area contributed by atoms with Gasteiger partial charge in [0.15, 0.2) is 17.7 Å². The van der Waals surface area contributed by atoms with Crippen molar-refractivity contribution in [3.63, 3.8) is 0 Å². The molecule has 0 spiro atoms. The van der Waals surface area contributed by atoms with E-state index in [1.54, 1.807) is 11.8 Å². The number of carboxylic acid groups (broad SMARTS) is 1. The third-order valence-corrected chi connectivity index (χ3v) is 5.12. The number of thioether (sulfide) groups is 1. The average molecular weight is 398 g/mol. The summed E-state index contributed by atoms with van der Waals surface area (Å²) in [4.78, 5) is 23.4. The zero-order valence-corrected chi connectivity index (χ0v) is 15.4. The van der Waals surface area contributed by atoms with Gasteiger partial charge in [0.05, 0.1) is 6.33 Å². The lowest BCUT2D eigenvalue weighted by Gasteiger charge is -2.19. The Labute approximate surface area is 159 Å². The number of carbonyl (C=O) groups is 1. The maximum atomic E-state index is 11.3. The van der Waals surface area contributed by atoms with E-state index in [1.807, 2.05) is 6.26 Å². The van der Waals surface area contributed by atoms with Gasteiger partial charge in [-0.25, -0.2) is 15.0 Å². The summed E-state index contributed by atoms with van der Waals surface area (Å²) in [5, 5.41) is 32.9. The molecule has 1 saturated heterocycles. The van der Waals surface area contributed by atoms with Crippen molar-refractivity contribution < 1.29 is 24.9 Å². The smallest absolute Gasteiger partial charge is 0.320 e. The molecule has 0 amide bonds. The largest absolute Gasteiger partial charge is 0.480 e. The van der Waals surface area contributed by atoms with Crippen LogP contribution in [0.2, 0.25) is 0 Å². The summed E-state index contributed by atoms with van der Waals surface area (Å²) in [7, 11) is 0. The molecule has 0 aromatic carbocycles. The van der Waals surface area contributed by atoms with Crippen LogP contribution < -0.4 is 11.1 Å². The first kappa shape index (κ1) is 19.8. The molecule has 3 rings (SSSR count). The fraction of sp³-hybridized carbons (Fsp3) is 0.600. The van der Waals surface area contributed by atoms with Gasteiger partial charge in [0.1, 0.15) is 36.2 Å². The van der Waals surface area contributed by atoms with Crippen molar-refractivity contribution in [3.8, 4) is 0 Å². The summed E-state index contributed by atoms with van der Waals surface area (Å²) >= 11 is 1.55. The maximum absolute atomic E-state index is 11.3. The molecule has 0 bridgehead atoms. The van der Waals surface area contributed by atoms with Crippen LogP contribution in [0.1, 0.15) is 12.6 Å². The molecular formula is C15H22N6O5S. The number of aliphatic hydroxyl groups excluding tert-OH is 2. The number of nitrogens with two attached hydrogens (primary N) is 1. The van der Waals surface area contributed by atoms with Gasteiger partial charge in [-0.05, 0) is 18.4 Å². The normalized spacial score (nSPS) is 26.5. The van der Waals surface area contributed by atoms with E-state index in [-0.39, 0.29) is 12.4 Å². The summed E-state index contributed by atoms with van der Waals surface area (Å²) in [6.45, 7) is 0.0732. The molecule has 0 saturated carbocycles. The Bertz CT molecular complexity index is 804. The maximum Gasteiger partial charge on any atom is 0.320 e. The molecule has 5 atom stereocenters. The minimum Gasteiger partial charge on any atom is -0.480 e. The molecule has 11 nitrogen and oxygen atoms in total. The van der Waals surface area contributed by atoms with E-state index in [0.717, 1.165) is 0 Å². The number of aromatic nitrogens is 4. The molecular weight excluding hydrogens is 376 g/mol. The van der Waals surface area contributed by atoms with Crippen LogP contribution in [0.15, 0.2) is 12.7 Å². The van der Waals surface area contributed by atoms with Gasteiger partial charge in [0.25, 0.3) is 0 Å². The molecule has 3 heterocycles. The number of anilines is 1. The molecule has 0 radical (unpaired) electrons. The zero-order valence-electron chi connectivity index (χ0n) is 14.6. The van der Waals surface area contributed by atoms with Gasteiger partial charge >= 0.3 is 5.97 Å². The first-order valence-electron chi connectivity index (χ1n) is 8.33. The van der Waals surface area contributed by atoms with E-state index >= 15 is 0 Å². The van der Waals surface area contributed by atoms with E-state index in [9.17, 15) is 20.1 Å². The number of fused-ring (bicyclic) bond motifs is 1. The summed E-state index contributed by atoms with van der Waals surface area (Å²) < 4.78 is 7.25. The number of aliphatic hydroxyl groups is 2. The fourth-order valence-electron chi connectivity index (χ4n) is 2.99. The minimum atomic E-state index is -1.24. The van der Waals surface area contributed by atoms with Crippen molar-refractivity contribution in [1.82, 2.24) is 24.8 Å². The Morgan fingerprint density at radius 1 is 1.41 bits per heavy atom. The summed E-state index contributed by atoms with van der Waals surface area (Å²) in [5.41, 5.74) is 6.50. The fourth-order valence-corrected chi connectivity index (χ4v) is 3.46. The lowest BCUT2D eigenvalue weighted by molar-refractivity contribution is -0.139. The molecule has 27 heavy (non-hydrogen) atoms. The van der Waals surface area contributed by atoms with Gasteiger partial charge in [-0.15, -0.1) is 0 Å². The Hall–Kier alpha value is -1.99. The molecule has 0 aliphatic carbocycles. The van der Waals surface area contributed by atoms with Gasteiger partial charge in [-0.3, -0.25) is 9.36 Å². The lowest BCUT2D eigenvalue weighted by atomic mass is 10.1. The van der Waals surface area contributed by atoms with Gasteiger partial charge < -0.3 is 31.1 Å². The monoisotopic (exact) mass is 398 g/mol. The van der Waals surface area contributed by atoms with Crippen LogP contribution >= 0.6 is 11.8 Å². The van der Waals surface area contributed by atoms with E-state index < -0.39 is 36.6 Å². The molecule has 2 aromatic rings. The number of aliphatic carboxylic acids is 1. The first-order valence-corrected chi connectivity index (χ1v) is 9.73. The van der Waals surface area contributed by atoms with Gasteiger partial charge in [-0.2, -0.15) is 11.8 Å². The average Bonchev–Trinajstić information content (AvgIpc) is 3.18. The predicted molar refractivity (Wildman–Crippen MR) is 98.1 cm³/mol. The highest BCUT2D eigenvalue weighted by molar-refractivity contribution is 7.98. The zero-order chi connectivity index (χ0) is 19.6. The Balaban J connectivity index is 1.71. The van der Waals surface area contributed by atoms with Crippen molar-refractivity contribution in [2.24, 2.45) is 0 Å². The number of hydrogen-bond donors (Lipinski definition) is 5. The van der Waals surface area contributed by atoms with E-state index in [1.165, 1.54) is 17.2 Å². The standard InChI is InChI=1S/C15H22N6O5S/c1-27-3-2-7(15(24)25)17-4-8-10(22)11(23)14(26-8)21-6-20-9-12(16)18-5-19-13(9)21/h5-8,10-11,14,17,22-23H,2-4H2,1H3,(H,24,25)(H2,16,18,19). The van der Waals surface area contributed by atoms with Crippen LogP contribution in [0.4, 0.5) is 5.82 Å². The molecule has 6 N–H and O–H groups in total. The summed E-state index contributed by atoms with van der Waals surface area (Å²) in [5.74, 6) is -0.0876. The number of imidazole rings is 1. The van der Waals surface area contributed by atoms with E-state index in [2.05, 4.69) is 20.3 Å². The Morgan fingerprint density at radius 2 is 2.19 bits per heavy atom. The van der Waals surface area contributed by atoms with Crippen LogP contribution in [0.25, 0.3) is 11.2 Å². The second kappa shape index (κ2) is 8.35. The number of nitrogens with zero attached hydrogens (tertiary/aromatic N) is 4. The SMILES string of the molecule is CSCCC(NCC1OC(n2cnc3c(N)ncnc32)C(O)C1O)C(=O)O. The van der Waals surface area contributed by atoms with Gasteiger partial charge in [0, 0.05) is 6.54 Å². The quantitative estimate of drug-likeness (QED) is 0.363. The van der Waals surface area contributed by atoms with Crippen LogP contribution in [0.5, 0.6) is 0 Å². The van der Waals surface area contributed by atoms with Gasteiger partial charge in [-0.1, -0.05) is 0 Å². The Morgan fingerprint density at radius 3 is 2.89 bits per heavy atom. The molecule has 1 fully saturated rings. The number of carboxylic acids is 1. The number of hydrogen-bond acceptors (Lipinski definition) is 10. The molecule has 1 aliphatic rings. The molecule has 148 valence electrons. The first-order chi connectivity index (χ1) is 12.9. The summed E-state index contributed by atoms with van der Waals surface area (Å²) in [6.07, 6.45) is 0.858. The van der Waals surface area contributed by atoms with Crippen LogP contribution in [-0.2, 0) is 9.53 Å². The van der Waals surface area contributed by atoms with Crippen molar-refractivity contribution in [2.75, 3.05) is 24.3 Å². The van der Waals surface area contributed by atoms with Crippen molar-refractivity contribution in [1.29, 1.82) is 0 Å². The molecule has 1 aliphatic heterocycles. The number of nitrogens with one attached hydrogen (secondary N) is 1. The van der Waals surface area contributed by atoms with Crippen molar-refractivity contribution >= 4 is 34.7 Å². The second-order valence-corrected chi connectivity index (χ2v) is 7.20. The molecule has 12 heteroatoms. The van der Waals surface area contributed by atoms with E-state index in [4.69, 9.17) is 10.5 Å². The third kappa shape index (κ3) is 3.99. The molecule has 5 unspecified atom stereocenters.